The number of aliphatic hydroxyl groups excluding tert-OH is 1. The Morgan fingerprint density at radius 2 is 1.10 bits per heavy atom. The van der Waals surface area contributed by atoms with Crippen molar-refractivity contribution >= 4 is 21.3 Å². The molecule has 0 aromatic carbocycles. The molecule has 0 amide bonds. The van der Waals surface area contributed by atoms with Crippen LogP contribution in [0.25, 0.3) is 0 Å². The molecule has 0 aromatic rings. The molecule has 0 spiro atoms. The molecule has 1 unspecified atom stereocenters. The minimum Gasteiger partial charge on any atom is -0.400 e. The summed E-state index contributed by atoms with van der Waals surface area (Å²) in [5.41, 5.74) is 0. The maximum absolute atomic E-state index is 8.35. The SMILES string of the molecule is CO.N=C=O.N=C=O.O=[PH3]. The van der Waals surface area contributed by atoms with E-state index in [1.165, 1.54) is 0 Å². The first-order valence-corrected chi connectivity index (χ1v) is 2.22. The molecule has 0 bridgehead atoms. The fourth-order valence-electron chi connectivity index (χ4n) is 0. The van der Waals surface area contributed by atoms with E-state index in [0.717, 1.165) is 19.3 Å². The monoisotopic (exact) mass is 168 g/mol. The van der Waals surface area contributed by atoms with Gasteiger partial charge in [-0.15, -0.1) is 0 Å². The molecule has 1 atom stereocenters. The first-order chi connectivity index (χ1) is 4.83. The zero-order valence-electron chi connectivity index (χ0n) is 5.38. The highest BCUT2D eigenvalue weighted by Gasteiger charge is 1.04. The summed E-state index contributed by atoms with van der Waals surface area (Å²) in [4.78, 5) is 16.7. The summed E-state index contributed by atoms with van der Waals surface area (Å²) in [6.07, 6.45) is 1.50. The average Bonchev–Trinajstić information content (AvgIpc) is 1.99. The zero-order chi connectivity index (χ0) is 9.41. The molecule has 0 fully saturated rings. The molecule has 0 aliphatic heterocycles. The third kappa shape index (κ3) is 223. The van der Waals surface area contributed by atoms with Crippen molar-refractivity contribution in [1.29, 1.82) is 10.8 Å². The summed E-state index contributed by atoms with van der Waals surface area (Å²) >= 11 is 0. The Hall–Kier alpha value is -1.05. The highest BCUT2D eigenvalue weighted by molar-refractivity contribution is 7.00. The van der Waals surface area contributed by atoms with Gasteiger partial charge in [-0.05, 0) is 0 Å². The summed E-state index contributed by atoms with van der Waals surface area (Å²) < 4.78 is 8.28. The Morgan fingerprint density at radius 1 is 1.10 bits per heavy atom. The predicted molar refractivity (Wildman–Crippen MR) is 36.8 cm³/mol. The quantitative estimate of drug-likeness (QED) is 0.253. The van der Waals surface area contributed by atoms with Gasteiger partial charge in [0.15, 0.2) is 0 Å². The second-order valence-electron chi connectivity index (χ2n) is 0.204. The van der Waals surface area contributed by atoms with Crippen molar-refractivity contribution in [2.75, 3.05) is 7.11 Å². The van der Waals surface area contributed by atoms with Crippen molar-refractivity contribution in [1.82, 2.24) is 0 Å². The van der Waals surface area contributed by atoms with E-state index in [9.17, 15) is 0 Å². The molecule has 0 aromatic heterocycles. The second-order valence-corrected chi connectivity index (χ2v) is 0.204. The van der Waals surface area contributed by atoms with Gasteiger partial charge in [-0.1, -0.05) is 0 Å². The van der Waals surface area contributed by atoms with E-state index < -0.39 is 0 Å². The number of isocyanates is 2. The van der Waals surface area contributed by atoms with Gasteiger partial charge >= 0.3 is 0 Å². The lowest BCUT2D eigenvalue weighted by atomic mass is 11.7. The second kappa shape index (κ2) is 425. The predicted octanol–water partition coefficient (Wildman–Crippen LogP) is -0.650. The molecule has 0 radical (unpaired) electrons. The number of hydrogen-bond acceptors (Lipinski definition) is 6. The number of nitrogens with one attached hydrogen (secondary N) is 2. The summed E-state index contributed by atoms with van der Waals surface area (Å²) in [6.45, 7) is 0. The molecule has 0 aliphatic rings. The Bertz CT molecular complexity index is 82.7. The van der Waals surface area contributed by atoms with Crippen LogP contribution in [0.3, 0.4) is 0 Å². The van der Waals surface area contributed by atoms with Crippen molar-refractivity contribution in [2.45, 2.75) is 0 Å². The van der Waals surface area contributed by atoms with Crippen molar-refractivity contribution in [3.63, 3.8) is 0 Å². The molecule has 0 rings (SSSR count). The number of rotatable bonds is 0. The van der Waals surface area contributed by atoms with Gasteiger partial charge in [0, 0.05) is 7.11 Å². The van der Waals surface area contributed by atoms with Crippen LogP contribution in [0.5, 0.6) is 0 Å². The van der Waals surface area contributed by atoms with Gasteiger partial charge in [-0.2, -0.15) is 0 Å². The topological polar surface area (TPSA) is 119 Å². The Labute approximate surface area is 59.5 Å². The van der Waals surface area contributed by atoms with Crippen LogP contribution in [0.4, 0.5) is 0 Å². The smallest absolute Gasteiger partial charge is 0.231 e. The van der Waals surface area contributed by atoms with Crippen LogP contribution in [0.2, 0.25) is 0 Å². The van der Waals surface area contributed by atoms with Crippen LogP contribution >= 0.6 is 9.12 Å². The van der Waals surface area contributed by atoms with E-state index in [4.69, 9.17) is 30.1 Å². The van der Waals surface area contributed by atoms with E-state index in [1.54, 1.807) is 0 Å². The fraction of sp³-hybridized carbons (Fsp3) is 0.333. The van der Waals surface area contributed by atoms with Crippen LogP contribution in [0, 0.1) is 10.8 Å². The molecule has 7 heteroatoms. The van der Waals surface area contributed by atoms with Gasteiger partial charge in [0.05, 0.1) is 9.12 Å². The van der Waals surface area contributed by atoms with E-state index in [-0.39, 0.29) is 0 Å². The first kappa shape index (κ1) is 23.1. The van der Waals surface area contributed by atoms with Crippen molar-refractivity contribution in [2.24, 2.45) is 0 Å². The molecule has 10 heavy (non-hydrogen) atoms. The fourth-order valence-corrected chi connectivity index (χ4v) is 0. The Kier molecular flexibility index (Phi) is 982. The third-order valence-electron chi connectivity index (χ3n) is 0. The van der Waals surface area contributed by atoms with Crippen LogP contribution in [-0.2, 0) is 14.2 Å². The minimum absolute atomic E-state index is 0.611. The molecule has 3 N–H and O–H groups in total. The minimum atomic E-state index is 0.611. The molecule has 6 nitrogen and oxygen atoms in total. The Balaban J connectivity index is -0.0000000246. The molecular weight excluding hydrogens is 159 g/mol. The zero-order valence-corrected chi connectivity index (χ0v) is 6.79. The maximum atomic E-state index is 8.35. The van der Waals surface area contributed by atoms with Crippen molar-refractivity contribution < 1.29 is 19.3 Å². The van der Waals surface area contributed by atoms with Gasteiger partial charge in [0.1, 0.15) is 0 Å². The number of aliphatic hydroxyl groups is 1. The number of carbonyl (C=O) groups excluding carboxylic acids is 2. The van der Waals surface area contributed by atoms with Crippen LogP contribution in [0.15, 0.2) is 0 Å². The molecule has 0 saturated heterocycles. The lowest BCUT2D eigenvalue weighted by molar-refractivity contribution is 0.399. The number of hydrogen-bond donors (Lipinski definition) is 3. The van der Waals surface area contributed by atoms with E-state index in [2.05, 4.69) is 0 Å². The molecule has 0 heterocycles. The molecule has 0 saturated carbocycles. The normalized spacial score (nSPS) is 3.00. The highest BCUT2D eigenvalue weighted by Crippen LogP contribution is 1.23. The van der Waals surface area contributed by atoms with Gasteiger partial charge in [0.25, 0.3) is 0 Å². The van der Waals surface area contributed by atoms with E-state index >= 15 is 0 Å². The molecule has 60 valence electrons. The average molecular weight is 168 g/mol. The Morgan fingerprint density at radius 3 is 1.10 bits per heavy atom. The highest BCUT2D eigenvalue weighted by atomic mass is 31.0. The van der Waals surface area contributed by atoms with Crippen LogP contribution in [0.1, 0.15) is 0 Å². The van der Waals surface area contributed by atoms with Crippen LogP contribution < -0.4 is 0 Å². The van der Waals surface area contributed by atoms with Crippen molar-refractivity contribution in [3.8, 4) is 0 Å². The molecule has 0 aliphatic carbocycles. The lowest BCUT2D eigenvalue weighted by Gasteiger charge is -1.21. The summed E-state index contributed by atoms with van der Waals surface area (Å²) in [6, 6.07) is 0. The summed E-state index contributed by atoms with van der Waals surface area (Å²) in [5.74, 6) is 0. The van der Waals surface area contributed by atoms with Gasteiger partial charge < -0.3 is 9.67 Å². The summed E-state index contributed by atoms with van der Waals surface area (Å²) in [5, 5.41) is 17.8. The van der Waals surface area contributed by atoms with E-state index in [1.807, 2.05) is 0 Å². The largest absolute Gasteiger partial charge is 0.400 e. The molecular formula is C3H9N2O4P. The van der Waals surface area contributed by atoms with Crippen molar-refractivity contribution in [3.05, 3.63) is 0 Å². The maximum Gasteiger partial charge on any atom is 0.231 e. The van der Waals surface area contributed by atoms with Crippen LogP contribution in [-0.4, -0.2) is 24.4 Å². The third-order valence-corrected chi connectivity index (χ3v) is 0. The van der Waals surface area contributed by atoms with Gasteiger partial charge in [0.2, 0.25) is 12.2 Å². The summed E-state index contributed by atoms with van der Waals surface area (Å²) in [7, 11) is 1.61. The first-order valence-electron chi connectivity index (χ1n) is 1.64. The van der Waals surface area contributed by atoms with Gasteiger partial charge in [-0.25, -0.2) is 20.4 Å². The van der Waals surface area contributed by atoms with E-state index in [0.29, 0.717) is 9.12 Å². The van der Waals surface area contributed by atoms with Gasteiger partial charge in [-0.3, -0.25) is 0 Å². The standard InChI is InChI=1S/2CHNO.CH4O.H3OP/c2*2-1-3;2*1-2/h2*2H;2H,1H3;2H3. The lowest BCUT2D eigenvalue weighted by Crippen LogP contribution is -1.25.